The van der Waals surface area contributed by atoms with E-state index in [9.17, 15) is 9.59 Å². The predicted molar refractivity (Wildman–Crippen MR) is 66.8 cm³/mol. The summed E-state index contributed by atoms with van der Waals surface area (Å²) in [6.07, 6.45) is 1.79. The lowest BCUT2D eigenvalue weighted by molar-refractivity contribution is -0.138. The zero-order valence-electron chi connectivity index (χ0n) is 10.2. The van der Waals surface area contributed by atoms with Gasteiger partial charge in [-0.15, -0.1) is 0 Å². The zero-order chi connectivity index (χ0) is 13.0. The molecule has 0 aliphatic rings. The van der Waals surface area contributed by atoms with Crippen LogP contribution in [0.2, 0.25) is 0 Å². The second kappa shape index (κ2) is 5.43. The zero-order valence-corrected chi connectivity index (χ0v) is 10.2. The first kappa shape index (κ1) is 13.2. The monoisotopic (exact) mass is 232 g/mol. The van der Waals surface area contributed by atoms with Crippen LogP contribution in [0.15, 0.2) is 29.8 Å². The highest BCUT2D eigenvalue weighted by Crippen LogP contribution is 2.17. The maximum absolute atomic E-state index is 11.1. The number of allylic oxidation sites excluding steroid dienone is 1. The van der Waals surface area contributed by atoms with E-state index in [0.29, 0.717) is 5.57 Å². The average molecular weight is 232 g/mol. The molecule has 17 heavy (non-hydrogen) atoms. The van der Waals surface area contributed by atoms with Gasteiger partial charge in [0.15, 0.2) is 5.78 Å². The van der Waals surface area contributed by atoms with Crippen molar-refractivity contribution in [1.82, 2.24) is 0 Å². The molecule has 0 aliphatic heterocycles. The Morgan fingerprint density at radius 3 is 2.12 bits per heavy atom. The fourth-order valence-corrected chi connectivity index (χ4v) is 1.38. The van der Waals surface area contributed by atoms with Crippen LogP contribution in [-0.2, 0) is 9.59 Å². The first-order valence-corrected chi connectivity index (χ1v) is 5.44. The molecule has 0 fully saturated rings. The van der Waals surface area contributed by atoms with Gasteiger partial charge in [0.25, 0.3) is 0 Å². The molecule has 3 nitrogen and oxygen atoms in total. The summed E-state index contributed by atoms with van der Waals surface area (Å²) in [4.78, 5) is 21.9. The van der Waals surface area contributed by atoms with Gasteiger partial charge in [0.1, 0.15) is 0 Å². The number of rotatable bonds is 4. The van der Waals surface area contributed by atoms with Gasteiger partial charge in [-0.2, -0.15) is 0 Å². The van der Waals surface area contributed by atoms with Crippen molar-refractivity contribution in [1.29, 1.82) is 0 Å². The van der Waals surface area contributed by atoms with Crippen molar-refractivity contribution in [3.63, 3.8) is 0 Å². The summed E-state index contributed by atoms with van der Waals surface area (Å²) < 4.78 is 0. The minimum Gasteiger partial charge on any atom is -0.481 e. The van der Waals surface area contributed by atoms with E-state index in [-0.39, 0.29) is 5.78 Å². The molecular weight excluding hydrogens is 216 g/mol. The quantitative estimate of drug-likeness (QED) is 0.812. The normalized spacial score (nSPS) is 13.2. The molecule has 1 aromatic carbocycles. The molecule has 0 aromatic heterocycles. The van der Waals surface area contributed by atoms with Gasteiger partial charge in [-0.25, -0.2) is 0 Å². The average Bonchev–Trinajstić information content (AvgIpc) is 2.28. The van der Waals surface area contributed by atoms with Gasteiger partial charge in [0, 0.05) is 0 Å². The number of ketones is 1. The largest absolute Gasteiger partial charge is 0.481 e. The molecule has 0 aliphatic carbocycles. The van der Waals surface area contributed by atoms with Crippen molar-refractivity contribution in [2.45, 2.75) is 26.7 Å². The molecule has 3 heteroatoms. The minimum atomic E-state index is -0.840. The molecule has 1 atom stereocenters. The fraction of sp³-hybridized carbons (Fsp3) is 0.286. The van der Waals surface area contributed by atoms with Crippen LogP contribution >= 0.6 is 0 Å². The molecule has 0 saturated carbocycles. The van der Waals surface area contributed by atoms with Crippen molar-refractivity contribution in [3.8, 4) is 0 Å². The van der Waals surface area contributed by atoms with E-state index in [2.05, 4.69) is 0 Å². The Kier molecular flexibility index (Phi) is 4.21. The van der Waals surface area contributed by atoms with Gasteiger partial charge in [0.05, 0.1) is 5.92 Å². The summed E-state index contributed by atoms with van der Waals surface area (Å²) in [7, 11) is 0. The van der Waals surface area contributed by atoms with Gasteiger partial charge in [-0.3, -0.25) is 9.59 Å². The Hall–Kier alpha value is -1.90. The minimum absolute atomic E-state index is 0.0352. The molecule has 1 unspecified atom stereocenters. The third kappa shape index (κ3) is 3.55. The lowest BCUT2D eigenvalue weighted by Gasteiger charge is -2.06. The summed E-state index contributed by atoms with van der Waals surface area (Å²) >= 11 is 0. The highest BCUT2D eigenvalue weighted by Gasteiger charge is 2.12. The number of aliphatic carboxylic acids is 1. The van der Waals surface area contributed by atoms with Crippen LogP contribution in [0.5, 0.6) is 0 Å². The SMILES string of the molecule is CC(=O)C(C)=Cc1ccc(C(C)C(=O)O)cc1. The van der Waals surface area contributed by atoms with Crippen LogP contribution in [-0.4, -0.2) is 16.9 Å². The number of carboxylic acids is 1. The van der Waals surface area contributed by atoms with Crippen LogP contribution in [0.3, 0.4) is 0 Å². The maximum atomic E-state index is 11.1. The van der Waals surface area contributed by atoms with Gasteiger partial charge in [0.2, 0.25) is 0 Å². The maximum Gasteiger partial charge on any atom is 0.310 e. The van der Waals surface area contributed by atoms with E-state index in [0.717, 1.165) is 11.1 Å². The van der Waals surface area contributed by atoms with Crippen molar-refractivity contribution < 1.29 is 14.7 Å². The number of benzene rings is 1. The lowest BCUT2D eigenvalue weighted by atomic mass is 9.99. The second-order valence-electron chi connectivity index (χ2n) is 4.11. The topological polar surface area (TPSA) is 54.4 Å². The molecule has 0 bridgehead atoms. The Morgan fingerprint density at radius 2 is 1.71 bits per heavy atom. The van der Waals surface area contributed by atoms with Gasteiger partial charge in [-0.05, 0) is 43.5 Å². The molecule has 90 valence electrons. The molecule has 1 N–H and O–H groups in total. The van der Waals surface area contributed by atoms with Gasteiger partial charge < -0.3 is 5.11 Å². The first-order chi connectivity index (χ1) is 7.91. The van der Waals surface area contributed by atoms with E-state index in [4.69, 9.17) is 5.11 Å². The Labute approximate surface area is 101 Å². The molecule has 0 amide bonds. The van der Waals surface area contributed by atoms with Crippen LogP contribution < -0.4 is 0 Å². The molecular formula is C14H16O3. The van der Waals surface area contributed by atoms with Crippen LogP contribution in [0, 0.1) is 0 Å². The Balaban J connectivity index is 2.93. The predicted octanol–water partition coefficient (Wildman–Crippen LogP) is 2.87. The fourth-order valence-electron chi connectivity index (χ4n) is 1.38. The lowest BCUT2D eigenvalue weighted by Crippen LogP contribution is -2.06. The number of carboxylic acid groups (broad SMARTS) is 1. The van der Waals surface area contributed by atoms with Crippen molar-refractivity contribution in [2.75, 3.05) is 0 Å². The first-order valence-electron chi connectivity index (χ1n) is 5.44. The van der Waals surface area contributed by atoms with Crippen molar-refractivity contribution >= 4 is 17.8 Å². The molecule has 1 aromatic rings. The Morgan fingerprint density at radius 1 is 1.18 bits per heavy atom. The van der Waals surface area contributed by atoms with Crippen LogP contribution in [0.1, 0.15) is 37.8 Å². The molecule has 0 spiro atoms. The molecule has 1 rings (SSSR count). The smallest absolute Gasteiger partial charge is 0.310 e. The summed E-state index contributed by atoms with van der Waals surface area (Å²) in [5.74, 6) is -1.32. The van der Waals surface area contributed by atoms with Crippen molar-refractivity contribution in [2.24, 2.45) is 0 Å². The summed E-state index contributed by atoms with van der Waals surface area (Å²) in [6, 6.07) is 7.19. The van der Waals surface area contributed by atoms with E-state index in [1.54, 1.807) is 32.1 Å². The van der Waals surface area contributed by atoms with Crippen LogP contribution in [0.4, 0.5) is 0 Å². The standard InChI is InChI=1S/C14H16O3/c1-9(11(3)15)8-12-4-6-13(7-5-12)10(2)14(16)17/h4-8,10H,1-3H3,(H,16,17). The number of carbonyl (C=O) groups excluding carboxylic acids is 1. The number of hydrogen-bond acceptors (Lipinski definition) is 2. The number of Topliss-reactive ketones (excluding diaryl/α,β-unsaturated/α-hetero) is 1. The highest BCUT2D eigenvalue weighted by atomic mass is 16.4. The summed E-state index contributed by atoms with van der Waals surface area (Å²) in [5, 5.41) is 8.87. The van der Waals surface area contributed by atoms with Crippen LogP contribution in [0.25, 0.3) is 6.08 Å². The number of carbonyl (C=O) groups is 2. The third-order valence-electron chi connectivity index (χ3n) is 2.75. The van der Waals surface area contributed by atoms with Gasteiger partial charge >= 0.3 is 5.97 Å². The third-order valence-corrected chi connectivity index (χ3v) is 2.75. The summed E-state index contributed by atoms with van der Waals surface area (Å²) in [6.45, 7) is 4.93. The second-order valence-corrected chi connectivity index (χ2v) is 4.11. The molecule has 0 saturated heterocycles. The van der Waals surface area contributed by atoms with E-state index in [1.807, 2.05) is 12.1 Å². The number of hydrogen-bond donors (Lipinski definition) is 1. The van der Waals surface area contributed by atoms with Gasteiger partial charge in [-0.1, -0.05) is 24.3 Å². The Bertz CT molecular complexity index is 455. The molecule has 0 radical (unpaired) electrons. The van der Waals surface area contributed by atoms with E-state index < -0.39 is 11.9 Å². The van der Waals surface area contributed by atoms with E-state index in [1.165, 1.54) is 6.92 Å². The molecule has 0 heterocycles. The van der Waals surface area contributed by atoms with E-state index >= 15 is 0 Å². The van der Waals surface area contributed by atoms with Crippen molar-refractivity contribution in [3.05, 3.63) is 41.0 Å². The highest BCUT2D eigenvalue weighted by molar-refractivity contribution is 5.97. The summed E-state index contributed by atoms with van der Waals surface area (Å²) in [5.41, 5.74) is 2.35.